The summed E-state index contributed by atoms with van der Waals surface area (Å²) in [6, 6.07) is 19.2. The molecule has 0 radical (unpaired) electrons. The van der Waals surface area contributed by atoms with Gasteiger partial charge in [0.05, 0.1) is 11.8 Å². The van der Waals surface area contributed by atoms with E-state index in [4.69, 9.17) is 0 Å². The molecule has 0 spiro atoms. The molecule has 0 aliphatic carbocycles. The van der Waals surface area contributed by atoms with E-state index in [1.807, 2.05) is 72.2 Å². The van der Waals surface area contributed by atoms with Crippen molar-refractivity contribution < 1.29 is 13.2 Å². The van der Waals surface area contributed by atoms with E-state index in [1.54, 1.807) is 12.4 Å². The highest BCUT2D eigenvalue weighted by molar-refractivity contribution is 7.90. The summed E-state index contributed by atoms with van der Waals surface area (Å²) in [6.07, 6.45) is 3.30. The summed E-state index contributed by atoms with van der Waals surface area (Å²) in [5.74, 6) is -0.197. The normalized spacial score (nSPS) is 12.4. The van der Waals surface area contributed by atoms with Crippen LogP contribution in [-0.2, 0) is 26.9 Å². The zero-order chi connectivity index (χ0) is 20.7. The van der Waals surface area contributed by atoms with Crippen LogP contribution in [0.5, 0.6) is 0 Å². The number of sulfone groups is 1. The summed E-state index contributed by atoms with van der Waals surface area (Å²) in [6.45, 7) is 2.43. The van der Waals surface area contributed by atoms with Crippen LogP contribution in [-0.4, -0.2) is 29.6 Å². The maximum Gasteiger partial charge on any atom is 0.221 e. The minimum atomic E-state index is -3.46. The van der Waals surface area contributed by atoms with Gasteiger partial charge in [0.15, 0.2) is 9.84 Å². The van der Waals surface area contributed by atoms with Gasteiger partial charge in [0.1, 0.15) is 11.6 Å². The van der Waals surface area contributed by atoms with Crippen LogP contribution in [0.3, 0.4) is 0 Å². The van der Waals surface area contributed by atoms with Gasteiger partial charge in [-0.2, -0.15) is 0 Å². The second-order valence-corrected chi connectivity index (χ2v) is 9.18. The highest BCUT2D eigenvalue weighted by atomic mass is 32.2. The van der Waals surface area contributed by atoms with E-state index >= 15 is 0 Å². The number of rotatable bonds is 9. The van der Waals surface area contributed by atoms with Gasteiger partial charge in [0.2, 0.25) is 5.91 Å². The fraction of sp³-hybridized carbons (Fsp3) is 0.273. The summed E-state index contributed by atoms with van der Waals surface area (Å²) in [5.41, 5.74) is 2.05. The van der Waals surface area contributed by atoms with Crippen LogP contribution in [0.15, 0.2) is 73.1 Å². The van der Waals surface area contributed by atoms with Crippen molar-refractivity contribution in [3.8, 4) is 0 Å². The molecule has 3 rings (SSSR count). The molecule has 7 heteroatoms. The van der Waals surface area contributed by atoms with Gasteiger partial charge in [-0.1, -0.05) is 60.7 Å². The Kier molecular flexibility index (Phi) is 6.82. The molecule has 1 aromatic heterocycles. The molecule has 2 aromatic carbocycles. The van der Waals surface area contributed by atoms with Crippen molar-refractivity contribution in [2.45, 2.75) is 31.7 Å². The first-order valence-electron chi connectivity index (χ1n) is 9.51. The zero-order valence-electron chi connectivity index (χ0n) is 16.4. The van der Waals surface area contributed by atoms with Gasteiger partial charge >= 0.3 is 0 Å². The second kappa shape index (κ2) is 9.52. The Morgan fingerprint density at radius 2 is 1.72 bits per heavy atom. The van der Waals surface area contributed by atoms with Crippen molar-refractivity contribution in [2.24, 2.45) is 0 Å². The van der Waals surface area contributed by atoms with E-state index < -0.39 is 9.84 Å². The number of amides is 1. The van der Waals surface area contributed by atoms with Crippen LogP contribution in [0.25, 0.3) is 0 Å². The monoisotopic (exact) mass is 411 g/mol. The zero-order valence-corrected chi connectivity index (χ0v) is 17.2. The highest BCUT2D eigenvalue weighted by Crippen LogP contribution is 2.13. The van der Waals surface area contributed by atoms with Crippen LogP contribution < -0.4 is 5.32 Å². The fourth-order valence-corrected chi connectivity index (χ4v) is 4.33. The molecule has 29 heavy (non-hydrogen) atoms. The topological polar surface area (TPSA) is 81.1 Å². The molecule has 0 bridgehead atoms. The third-order valence-electron chi connectivity index (χ3n) is 4.66. The van der Waals surface area contributed by atoms with Gasteiger partial charge in [-0.3, -0.25) is 4.79 Å². The quantitative estimate of drug-likeness (QED) is 0.587. The highest BCUT2D eigenvalue weighted by Gasteiger charge is 2.19. The number of carbonyl (C=O) groups excluding carboxylic acids is 1. The molecule has 3 aromatic rings. The van der Waals surface area contributed by atoms with Gasteiger partial charge in [-0.15, -0.1) is 0 Å². The molecule has 152 valence electrons. The van der Waals surface area contributed by atoms with Gasteiger partial charge in [0.25, 0.3) is 0 Å². The first kappa shape index (κ1) is 20.8. The van der Waals surface area contributed by atoms with Crippen LogP contribution in [0.2, 0.25) is 0 Å². The third-order valence-corrected chi connectivity index (χ3v) is 6.19. The standard InChI is InChI=1S/C22H25N3O3S/c1-18(20-10-6-3-7-11-20)24-22(26)12-15-29(27,28)17-21-23-13-14-25(21)16-19-8-4-2-5-9-19/h2-11,13-14,18H,12,15-17H2,1H3,(H,24,26). The lowest BCUT2D eigenvalue weighted by Gasteiger charge is -2.14. The van der Waals surface area contributed by atoms with Crippen molar-refractivity contribution in [3.05, 3.63) is 90.0 Å². The Labute approximate surface area is 171 Å². The number of nitrogens with zero attached hydrogens (tertiary/aromatic N) is 2. The number of hydrogen-bond donors (Lipinski definition) is 1. The lowest BCUT2D eigenvalue weighted by atomic mass is 10.1. The lowest BCUT2D eigenvalue weighted by molar-refractivity contribution is -0.121. The first-order valence-corrected chi connectivity index (χ1v) is 11.3. The summed E-state index contributed by atoms with van der Waals surface area (Å²) < 4.78 is 26.9. The fourth-order valence-electron chi connectivity index (χ4n) is 3.06. The van der Waals surface area contributed by atoms with Crippen LogP contribution in [0.4, 0.5) is 0 Å². The maximum atomic E-state index is 12.5. The Hall–Kier alpha value is -2.93. The Morgan fingerprint density at radius 3 is 2.41 bits per heavy atom. The smallest absolute Gasteiger partial charge is 0.221 e. The van der Waals surface area contributed by atoms with Gasteiger partial charge in [-0.25, -0.2) is 13.4 Å². The number of benzene rings is 2. The predicted molar refractivity (Wildman–Crippen MR) is 113 cm³/mol. The van der Waals surface area contributed by atoms with Crippen LogP contribution in [0, 0.1) is 0 Å². The predicted octanol–water partition coefficient (Wildman–Crippen LogP) is 3.11. The molecule has 1 heterocycles. The number of aromatic nitrogens is 2. The van der Waals surface area contributed by atoms with Crippen molar-refractivity contribution in [1.29, 1.82) is 0 Å². The van der Waals surface area contributed by atoms with Crippen molar-refractivity contribution in [1.82, 2.24) is 14.9 Å². The SMILES string of the molecule is CC(NC(=O)CCS(=O)(=O)Cc1nccn1Cc1ccccc1)c1ccccc1. The molecule has 1 N–H and O–H groups in total. The first-order chi connectivity index (χ1) is 13.9. The molecule has 0 aliphatic rings. The molecular formula is C22H25N3O3S. The summed E-state index contributed by atoms with van der Waals surface area (Å²) >= 11 is 0. The summed E-state index contributed by atoms with van der Waals surface area (Å²) in [7, 11) is -3.46. The summed E-state index contributed by atoms with van der Waals surface area (Å²) in [5, 5.41) is 2.85. The van der Waals surface area contributed by atoms with Gasteiger partial charge in [-0.05, 0) is 18.1 Å². The van der Waals surface area contributed by atoms with E-state index in [0.29, 0.717) is 12.4 Å². The average molecular weight is 412 g/mol. The van der Waals surface area contributed by atoms with Crippen LogP contribution in [0.1, 0.15) is 36.3 Å². The molecule has 0 aliphatic heterocycles. The van der Waals surface area contributed by atoms with Gasteiger partial charge in [0, 0.05) is 25.4 Å². The molecule has 1 amide bonds. The second-order valence-electron chi connectivity index (χ2n) is 7.00. The van der Waals surface area contributed by atoms with E-state index in [9.17, 15) is 13.2 Å². The Morgan fingerprint density at radius 1 is 1.07 bits per heavy atom. The molecule has 1 unspecified atom stereocenters. The van der Waals surface area contributed by atoms with Crippen LogP contribution >= 0.6 is 0 Å². The van der Waals surface area contributed by atoms with E-state index in [-0.39, 0.29) is 29.9 Å². The van der Waals surface area contributed by atoms with E-state index in [1.165, 1.54) is 0 Å². The van der Waals surface area contributed by atoms with Gasteiger partial charge < -0.3 is 9.88 Å². The number of carbonyl (C=O) groups is 1. The average Bonchev–Trinajstić information content (AvgIpc) is 3.14. The lowest BCUT2D eigenvalue weighted by Crippen LogP contribution is -2.28. The number of imidazole rings is 1. The Bertz CT molecular complexity index is 1030. The molecule has 6 nitrogen and oxygen atoms in total. The minimum Gasteiger partial charge on any atom is -0.350 e. The molecule has 0 fully saturated rings. The van der Waals surface area contributed by atoms with Crippen molar-refractivity contribution in [2.75, 3.05) is 5.75 Å². The molecule has 0 saturated carbocycles. The molecular weight excluding hydrogens is 386 g/mol. The minimum absolute atomic E-state index is 0.0705. The largest absolute Gasteiger partial charge is 0.350 e. The summed E-state index contributed by atoms with van der Waals surface area (Å²) in [4.78, 5) is 16.4. The molecule has 0 saturated heterocycles. The van der Waals surface area contributed by atoms with Crippen molar-refractivity contribution in [3.63, 3.8) is 0 Å². The van der Waals surface area contributed by atoms with Crippen molar-refractivity contribution >= 4 is 15.7 Å². The number of nitrogens with one attached hydrogen (secondary N) is 1. The van der Waals surface area contributed by atoms with E-state index in [0.717, 1.165) is 11.1 Å². The number of hydrogen-bond acceptors (Lipinski definition) is 4. The Balaban J connectivity index is 1.54. The maximum absolute atomic E-state index is 12.5. The third kappa shape index (κ3) is 6.29. The van der Waals surface area contributed by atoms with E-state index in [2.05, 4.69) is 10.3 Å². The molecule has 1 atom stereocenters.